The second-order valence-electron chi connectivity index (χ2n) is 8.02. The molecule has 0 saturated carbocycles. The fraction of sp³-hybridized carbons (Fsp3) is 0.455. The van der Waals surface area contributed by atoms with E-state index >= 15 is 4.39 Å². The molecule has 1 fully saturated rings. The molecule has 1 aromatic carbocycles. The lowest BCUT2D eigenvalue weighted by atomic mass is 9.73. The van der Waals surface area contributed by atoms with Gasteiger partial charge in [-0.2, -0.15) is 0 Å². The average Bonchev–Trinajstić information content (AvgIpc) is 2.84. The zero-order valence-corrected chi connectivity index (χ0v) is 17.9. The highest BCUT2D eigenvalue weighted by Crippen LogP contribution is 2.45. The molecule has 0 radical (unpaired) electrons. The number of rotatable bonds is 8. The summed E-state index contributed by atoms with van der Waals surface area (Å²) < 4.78 is 70.5. The van der Waals surface area contributed by atoms with E-state index < -0.39 is 55.5 Å². The highest BCUT2D eigenvalue weighted by Gasteiger charge is 2.53. The van der Waals surface area contributed by atoms with Crippen LogP contribution in [0.5, 0.6) is 5.88 Å². The number of benzene rings is 1. The summed E-state index contributed by atoms with van der Waals surface area (Å²) in [6.07, 6.45) is 0.704. The number of hydrogen-bond donors (Lipinski definition) is 1. The number of aromatic nitrogens is 2. The van der Waals surface area contributed by atoms with Crippen molar-refractivity contribution in [1.82, 2.24) is 9.97 Å². The van der Waals surface area contributed by atoms with E-state index in [-0.39, 0.29) is 42.6 Å². The first kappa shape index (κ1) is 23.9. The van der Waals surface area contributed by atoms with E-state index in [0.29, 0.717) is 5.56 Å². The van der Waals surface area contributed by atoms with Crippen LogP contribution in [0.2, 0.25) is 0 Å². The summed E-state index contributed by atoms with van der Waals surface area (Å²) in [5, 5.41) is 0. The molecule has 1 saturated heterocycles. The molecule has 4 rings (SSSR count). The second kappa shape index (κ2) is 9.92. The number of ketones is 1. The van der Waals surface area contributed by atoms with E-state index in [9.17, 15) is 18.0 Å². The van der Waals surface area contributed by atoms with Gasteiger partial charge in [0.25, 0.3) is 6.02 Å². The number of carbonyl (C=O) groups is 1. The van der Waals surface area contributed by atoms with Crippen LogP contribution in [0, 0.1) is 11.7 Å². The van der Waals surface area contributed by atoms with Gasteiger partial charge in [0.05, 0.1) is 31.0 Å². The minimum atomic E-state index is -1.76. The Morgan fingerprint density at radius 2 is 2.06 bits per heavy atom. The van der Waals surface area contributed by atoms with Crippen molar-refractivity contribution in [3.05, 3.63) is 53.2 Å². The molecule has 2 aliphatic rings. The molecule has 1 aromatic heterocycles. The van der Waals surface area contributed by atoms with Crippen molar-refractivity contribution in [1.29, 1.82) is 0 Å². The third-order valence-corrected chi connectivity index (χ3v) is 6.00. The van der Waals surface area contributed by atoms with Gasteiger partial charge in [0.15, 0.2) is 5.78 Å². The molecule has 4 atom stereocenters. The van der Waals surface area contributed by atoms with Gasteiger partial charge >= 0.3 is 0 Å². The van der Waals surface area contributed by atoms with Gasteiger partial charge in [-0.3, -0.25) is 4.79 Å². The number of alkyl halides is 3. The Labute approximate surface area is 192 Å². The average molecular weight is 482 g/mol. The lowest BCUT2D eigenvalue weighted by Gasteiger charge is -2.46. The molecule has 2 aliphatic heterocycles. The Bertz CT molecular complexity index is 1070. The lowest BCUT2D eigenvalue weighted by molar-refractivity contribution is -0.120. The van der Waals surface area contributed by atoms with Gasteiger partial charge in [-0.1, -0.05) is 6.07 Å². The lowest BCUT2D eigenvalue weighted by Crippen LogP contribution is -2.56. The van der Waals surface area contributed by atoms with Crippen molar-refractivity contribution >= 4 is 11.8 Å². The summed E-state index contributed by atoms with van der Waals surface area (Å²) in [6.45, 7) is -3.05. The number of aliphatic imine (C=N–C) groups is 1. The van der Waals surface area contributed by atoms with E-state index in [1.54, 1.807) is 0 Å². The Hall–Kier alpha value is -3.28. The fourth-order valence-electron chi connectivity index (χ4n) is 4.32. The number of carbonyl (C=O) groups excluding carboxylic acids is 1. The Balaban J connectivity index is 1.63. The third kappa shape index (κ3) is 4.54. The van der Waals surface area contributed by atoms with Crippen molar-refractivity contribution in [2.75, 3.05) is 26.8 Å². The van der Waals surface area contributed by atoms with Crippen LogP contribution in [-0.4, -0.2) is 60.8 Å². The minimum Gasteiger partial charge on any atom is -0.462 e. The molecular formula is C22H22F4N4O4. The van der Waals surface area contributed by atoms with Crippen molar-refractivity contribution in [2.45, 2.75) is 30.6 Å². The largest absolute Gasteiger partial charge is 0.462 e. The van der Waals surface area contributed by atoms with Crippen LogP contribution in [-0.2, 0) is 21.4 Å². The van der Waals surface area contributed by atoms with Crippen LogP contribution < -0.4 is 10.5 Å². The zero-order valence-electron chi connectivity index (χ0n) is 17.9. The van der Waals surface area contributed by atoms with Crippen molar-refractivity contribution in [3.63, 3.8) is 0 Å². The topological polar surface area (TPSA) is 109 Å². The quantitative estimate of drug-likeness (QED) is 0.455. The van der Waals surface area contributed by atoms with Crippen molar-refractivity contribution in [2.24, 2.45) is 16.6 Å². The van der Waals surface area contributed by atoms with E-state index in [0.717, 1.165) is 18.5 Å². The van der Waals surface area contributed by atoms with Crippen LogP contribution in [0.25, 0.3) is 0 Å². The number of nitrogens with zero attached hydrogens (tertiary/aromatic N) is 3. The third-order valence-electron chi connectivity index (χ3n) is 6.00. The first-order chi connectivity index (χ1) is 16.4. The monoisotopic (exact) mass is 482 g/mol. The molecule has 0 aliphatic carbocycles. The molecule has 34 heavy (non-hydrogen) atoms. The summed E-state index contributed by atoms with van der Waals surface area (Å²) in [6, 6.07) is 3.52. The van der Waals surface area contributed by atoms with Gasteiger partial charge < -0.3 is 19.9 Å². The molecule has 3 heterocycles. The Kier molecular flexibility index (Phi) is 6.96. The Morgan fingerprint density at radius 1 is 1.24 bits per heavy atom. The van der Waals surface area contributed by atoms with Gasteiger partial charge in [0, 0.05) is 18.4 Å². The molecule has 0 unspecified atom stereocenters. The number of ether oxygens (including phenoxy) is 3. The molecule has 2 N–H and O–H groups in total. The number of amidine groups is 1. The second-order valence-corrected chi connectivity index (χ2v) is 8.02. The maximum absolute atomic E-state index is 15.0. The van der Waals surface area contributed by atoms with Crippen LogP contribution >= 0.6 is 0 Å². The Morgan fingerprint density at radius 3 is 2.74 bits per heavy atom. The fourth-order valence-corrected chi connectivity index (χ4v) is 4.32. The maximum Gasteiger partial charge on any atom is 0.283 e. The first-order valence-electron chi connectivity index (χ1n) is 10.5. The van der Waals surface area contributed by atoms with Crippen LogP contribution in [0.3, 0.4) is 0 Å². The first-order valence-corrected chi connectivity index (χ1v) is 10.5. The highest BCUT2D eigenvalue weighted by molar-refractivity contribution is 5.95. The van der Waals surface area contributed by atoms with E-state index in [1.807, 2.05) is 0 Å². The van der Waals surface area contributed by atoms with Gasteiger partial charge in [-0.25, -0.2) is 32.5 Å². The normalized spacial score (nSPS) is 26.2. The molecule has 182 valence electrons. The van der Waals surface area contributed by atoms with Crippen molar-refractivity contribution < 1.29 is 36.6 Å². The molecule has 0 spiro atoms. The van der Waals surface area contributed by atoms with Crippen molar-refractivity contribution in [3.8, 4) is 5.88 Å². The summed E-state index contributed by atoms with van der Waals surface area (Å²) >= 11 is 0. The van der Waals surface area contributed by atoms with Gasteiger partial charge in [-0.15, -0.1) is 0 Å². The summed E-state index contributed by atoms with van der Waals surface area (Å²) in [5.41, 5.74) is 4.29. The predicted molar refractivity (Wildman–Crippen MR) is 111 cm³/mol. The smallest absolute Gasteiger partial charge is 0.283 e. The highest BCUT2D eigenvalue weighted by atomic mass is 19.1. The van der Waals surface area contributed by atoms with Crippen LogP contribution in [0.1, 0.15) is 28.0 Å². The van der Waals surface area contributed by atoms with Crippen LogP contribution in [0.4, 0.5) is 17.6 Å². The number of nitrogens with two attached hydrogens (primary N) is 1. The molecule has 8 nitrogen and oxygen atoms in total. The summed E-state index contributed by atoms with van der Waals surface area (Å²) in [5.74, 6) is -2.04. The van der Waals surface area contributed by atoms with E-state index in [4.69, 9.17) is 15.2 Å². The number of hydrogen-bond acceptors (Lipinski definition) is 8. The molecule has 0 bridgehead atoms. The van der Waals surface area contributed by atoms with Crippen LogP contribution in [0.15, 0.2) is 35.6 Å². The number of halogens is 4. The standard InChI is InChI=1S/C22H22F4N4O4/c23-6-13-5-19-15(9-32-13)22(10-24,30-21(27)34-19)14-3-12(1-2-16(14)26)4-18(31)17-7-29-20(8-28-17)33-11-25/h1-3,7-8,13,15,19H,4-6,9-11H2,(H2,27,30)/t13-,15-,19+,22+/m0/s1. The molecular weight excluding hydrogens is 460 g/mol. The SMILES string of the molecule is NC1=N[C@](CF)(c2cc(CC(=O)c3cnc(OCF)cn3)ccc2F)[C@H]2CO[C@H](CF)C[C@H]2O1. The summed E-state index contributed by atoms with van der Waals surface area (Å²) in [4.78, 5) is 24.5. The van der Waals surface area contributed by atoms with E-state index in [2.05, 4.69) is 19.7 Å². The maximum atomic E-state index is 15.0. The number of Topliss-reactive ketones (excluding diaryl/α,β-unsaturated/α-hetero) is 1. The molecule has 2 aromatic rings. The summed E-state index contributed by atoms with van der Waals surface area (Å²) in [7, 11) is 0. The molecule has 0 amide bonds. The minimum absolute atomic E-state index is 0.0105. The zero-order chi connectivity index (χ0) is 24.3. The predicted octanol–water partition coefficient (Wildman–Crippen LogP) is 2.60. The van der Waals surface area contributed by atoms with E-state index in [1.165, 1.54) is 12.1 Å². The van der Waals surface area contributed by atoms with Gasteiger partial charge in [0.2, 0.25) is 12.7 Å². The molecule has 12 heteroatoms. The van der Waals surface area contributed by atoms with Gasteiger partial charge in [0.1, 0.15) is 36.5 Å². The number of fused-ring (bicyclic) bond motifs is 1. The van der Waals surface area contributed by atoms with Gasteiger partial charge in [-0.05, 0) is 17.7 Å².